The molecule has 0 aliphatic heterocycles. The van der Waals surface area contributed by atoms with Crippen molar-refractivity contribution in [3.05, 3.63) is 0 Å². The average Bonchev–Trinajstić information content (AvgIpc) is 2.47. The summed E-state index contributed by atoms with van der Waals surface area (Å²) in [6, 6.07) is 0. The second-order valence-corrected chi connectivity index (χ2v) is 5.45. The van der Waals surface area contributed by atoms with Crippen LogP contribution in [0.15, 0.2) is 0 Å². The second kappa shape index (κ2) is 18.9. The quantitative estimate of drug-likeness (QED) is 0.338. The fourth-order valence-electron chi connectivity index (χ4n) is 2.24. The number of halogens is 1. The highest BCUT2D eigenvalue weighted by atomic mass is 19.1. The lowest BCUT2D eigenvalue weighted by Gasteiger charge is -2.05. The number of hydrogen-bond donors (Lipinski definition) is 0. The Labute approximate surface area is 125 Å². The van der Waals surface area contributed by atoms with Crippen molar-refractivity contribution in [3.8, 4) is 0 Å². The molecule has 0 atom stereocenters. The number of ether oxygens (including phenoxy) is 2. The van der Waals surface area contributed by atoms with Gasteiger partial charge in [-0.1, -0.05) is 71.1 Å². The summed E-state index contributed by atoms with van der Waals surface area (Å²) in [6.07, 6.45) is 14.9. The van der Waals surface area contributed by atoms with Gasteiger partial charge < -0.3 is 9.47 Å². The first-order valence-electron chi connectivity index (χ1n) is 8.63. The minimum atomic E-state index is -0.404. The highest BCUT2D eigenvalue weighted by Crippen LogP contribution is 2.11. The van der Waals surface area contributed by atoms with Gasteiger partial charge in [0, 0.05) is 6.61 Å². The molecule has 0 saturated carbocycles. The molecule has 122 valence electrons. The Bertz CT molecular complexity index is 147. The lowest BCUT2D eigenvalue weighted by molar-refractivity contribution is 0.0415. The molecule has 3 heteroatoms. The number of unbranched alkanes of at least 4 members (excludes halogenated alkanes) is 10. The molecule has 0 rings (SSSR count). The topological polar surface area (TPSA) is 18.5 Å². The van der Waals surface area contributed by atoms with Gasteiger partial charge in [0.1, 0.15) is 6.67 Å². The molecule has 0 spiro atoms. The predicted octanol–water partition coefficient (Wildman–Crippen LogP) is 5.30. The zero-order valence-corrected chi connectivity index (χ0v) is 13.5. The van der Waals surface area contributed by atoms with Crippen molar-refractivity contribution >= 4 is 0 Å². The summed E-state index contributed by atoms with van der Waals surface area (Å²) in [5.74, 6) is 0. The van der Waals surface area contributed by atoms with E-state index in [1.165, 1.54) is 64.2 Å². The second-order valence-electron chi connectivity index (χ2n) is 5.45. The third kappa shape index (κ3) is 17.8. The Morgan fingerprint density at radius 3 is 1.50 bits per heavy atom. The van der Waals surface area contributed by atoms with Crippen molar-refractivity contribution in [3.63, 3.8) is 0 Å². The molecule has 0 N–H and O–H groups in total. The van der Waals surface area contributed by atoms with Gasteiger partial charge >= 0.3 is 0 Å². The number of rotatable bonds is 17. The fourth-order valence-corrected chi connectivity index (χ4v) is 2.24. The van der Waals surface area contributed by atoms with Crippen molar-refractivity contribution < 1.29 is 13.9 Å². The van der Waals surface area contributed by atoms with Crippen molar-refractivity contribution in [1.82, 2.24) is 0 Å². The van der Waals surface area contributed by atoms with Gasteiger partial charge in [-0.3, -0.25) is 0 Å². The van der Waals surface area contributed by atoms with E-state index in [-0.39, 0.29) is 6.61 Å². The molecule has 2 nitrogen and oxygen atoms in total. The van der Waals surface area contributed by atoms with Crippen LogP contribution in [-0.4, -0.2) is 33.1 Å². The Morgan fingerprint density at radius 1 is 0.550 bits per heavy atom. The first-order valence-corrected chi connectivity index (χ1v) is 8.63. The van der Waals surface area contributed by atoms with E-state index < -0.39 is 6.67 Å². The van der Waals surface area contributed by atoms with Crippen molar-refractivity contribution in [2.75, 3.05) is 33.1 Å². The van der Waals surface area contributed by atoms with Crippen molar-refractivity contribution in [1.29, 1.82) is 0 Å². The molecule has 0 bridgehead atoms. The van der Waals surface area contributed by atoms with Crippen LogP contribution in [0.1, 0.15) is 77.6 Å². The molecule has 20 heavy (non-hydrogen) atoms. The van der Waals surface area contributed by atoms with Crippen LogP contribution in [0.3, 0.4) is 0 Å². The van der Waals surface area contributed by atoms with E-state index in [0.717, 1.165) is 13.0 Å². The van der Waals surface area contributed by atoms with Gasteiger partial charge in [0.25, 0.3) is 0 Å². The Hall–Kier alpha value is -0.150. The van der Waals surface area contributed by atoms with E-state index in [1.54, 1.807) is 0 Å². The van der Waals surface area contributed by atoms with Crippen LogP contribution in [-0.2, 0) is 9.47 Å². The van der Waals surface area contributed by atoms with Gasteiger partial charge in [0.05, 0.1) is 19.8 Å². The van der Waals surface area contributed by atoms with Gasteiger partial charge in [0.15, 0.2) is 0 Å². The third-order valence-corrected chi connectivity index (χ3v) is 3.49. The smallest absolute Gasteiger partial charge is 0.113 e. The molecule has 0 saturated heterocycles. The van der Waals surface area contributed by atoms with E-state index in [9.17, 15) is 4.39 Å². The van der Waals surface area contributed by atoms with E-state index >= 15 is 0 Å². The molecule has 0 aromatic carbocycles. The highest BCUT2D eigenvalue weighted by Gasteiger charge is 1.94. The maximum absolute atomic E-state index is 11.7. The minimum absolute atomic E-state index is 0.196. The lowest BCUT2D eigenvalue weighted by Crippen LogP contribution is -2.06. The predicted molar refractivity (Wildman–Crippen MR) is 84.1 cm³/mol. The van der Waals surface area contributed by atoms with Gasteiger partial charge in [-0.25, -0.2) is 4.39 Å². The fraction of sp³-hybridized carbons (Fsp3) is 1.00. The number of hydrogen-bond acceptors (Lipinski definition) is 2. The lowest BCUT2D eigenvalue weighted by atomic mass is 10.1. The van der Waals surface area contributed by atoms with Gasteiger partial charge in [0.2, 0.25) is 0 Å². The standard InChI is InChI=1S/C17H35FO2/c1-2-3-4-5-6-7-8-9-10-11-12-14-19-16-17-20-15-13-18/h2-17H2,1H3. The van der Waals surface area contributed by atoms with Crippen LogP contribution in [0.4, 0.5) is 4.39 Å². The van der Waals surface area contributed by atoms with Gasteiger partial charge in [-0.2, -0.15) is 0 Å². The van der Waals surface area contributed by atoms with Crippen LogP contribution in [0.2, 0.25) is 0 Å². The number of alkyl halides is 1. The van der Waals surface area contributed by atoms with Crippen LogP contribution < -0.4 is 0 Å². The monoisotopic (exact) mass is 290 g/mol. The Balaban J connectivity index is 2.89. The minimum Gasteiger partial charge on any atom is -0.379 e. The van der Waals surface area contributed by atoms with Crippen LogP contribution in [0, 0.1) is 0 Å². The third-order valence-electron chi connectivity index (χ3n) is 3.49. The molecule has 0 amide bonds. The Kier molecular flexibility index (Phi) is 18.7. The van der Waals surface area contributed by atoms with Gasteiger partial charge in [-0.05, 0) is 6.42 Å². The summed E-state index contributed by atoms with van der Waals surface area (Å²) in [5.41, 5.74) is 0. The SMILES string of the molecule is CCCCCCCCCCCCCOCCOCCF. The van der Waals surface area contributed by atoms with E-state index in [1.807, 2.05) is 0 Å². The average molecular weight is 290 g/mol. The molecule has 0 aliphatic rings. The van der Waals surface area contributed by atoms with E-state index in [2.05, 4.69) is 6.92 Å². The highest BCUT2D eigenvalue weighted by molar-refractivity contribution is 4.48. The molecule has 0 fully saturated rings. The molecule has 0 unspecified atom stereocenters. The van der Waals surface area contributed by atoms with Crippen molar-refractivity contribution in [2.24, 2.45) is 0 Å². The van der Waals surface area contributed by atoms with Crippen LogP contribution >= 0.6 is 0 Å². The first kappa shape index (κ1) is 19.9. The maximum atomic E-state index is 11.7. The van der Waals surface area contributed by atoms with Crippen LogP contribution in [0.5, 0.6) is 0 Å². The molecule has 0 aromatic heterocycles. The largest absolute Gasteiger partial charge is 0.379 e. The molecule has 0 heterocycles. The van der Waals surface area contributed by atoms with Crippen LogP contribution in [0.25, 0.3) is 0 Å². The summed E-state index contributed by atoms with van der Waals surface area (Å²) >= 11 is 0. The van der Waals surface area contributed by atoms with Gasteiger partial charge in [-0.15, -0.1) is 0 Å². The molecule has 0 radical (unpaired) electrons. The van der Waals surface area contributed by atoms with E-state index in [0.29, 0.717) is 13.2 Å². The molecular formula is C17H35FO2. The summed E-state index contributed by atoms with van der Waals surface area (Å²) in [5, 5.41) is 0. The molecular weight excluding hydrogens is 255 g/mol. The molecule has 0 aromatic rings. The van der Waals surface area contributed by atoms with Crippen molar-refractivity contribution in [2.45, 2.75) is 77.6 Å². The molecule has 0 aliphatic carbocycles. The Morgan fingerprint density at radius 2 is 1.00 bits per heavy atom. The summed E-state index contributed by atoms with van der Waals surface area (Å²) in [4.78, 5) is 0. The normalized spacial score (nSPS) is 11.1. The zero-order chi connectivity index (χ0) is 14.7. The maximum Gasteiger partial charge on any atom is 0.113 e. The summed E-state index contributed by atoms with van der Waals surface area (Å²) in [7, 11) is 0. The zero-order valence-electron chi connectivity index (χ0n) is 13.5. The summed E-state index contributed by atoms with van der Waals surface area (Å²) in [6.45, 7) is 3.98. The van der Waals surface area contributed by atoms with E-state index in [4.69, 9.17) is 9.47 Å². The summed E-state index contributed by atoms with van der Waals surface area (Å²) < 4.78 is 22.1. The first-order chi connectivity index (χ1) is 9.91.